The van der Waals surface area contributed by atoms with Gasteiger partial charge in [-0.3, -0.25) is 4.79 Å². The minimum atomic E-state index is -0.278. The van der Waals surface area contributed by atoms with Gasteiger partial charge in [-0.15, -0.1) is 10.2 Å². The molecule has 0 aliphatic carbocycles. The topological polar surface area (TPSA) is 76.6 Å². The van der Waals surface area contributed by atoms with Gasteiger partial charge in [0.1, 0.15) is 0 Å². The summed E-state index contributed by atoms with van der Waals surface area (Å²) in [6, 6.07) is 8.67. The number of amides is 1. The highest BCUT2D eigenvalue weighted by Gasteiger charge is 2.18. The third-order valence-corrected chi connectivity index (χ3v) is 4.52. The van der Waals surface area contributed by atoms with Gasteiger partial charge >= 0.3 is 0 Å². The molecule has 2 heterocycles. The number of nitrogens with zero attached hydrogens (tertiary/aromatic N) is 3. The lowest BCUT2D eigenvalue weighted by molar-refractivity contribution is 0.102. The van der Waals surface area contributed by atoms with Crippen molar-refractivity contribution < 1.29 is 14.3 Å². The number of rotatable bonds is 5. The van der Waals surface area contributed by atoms with Crippen LogP contribution in [0.3, 0.4) is 0 Å². The summed E-state index contributed by atoms with van der Waals surface area (Å²) in [4.78, 5) is 14.7. The van der Waals surface area contributed by atoms with Crippen LogP contribution in [0.2, 0.25) is 0 Å². The van der Waals surface area contributed by atoms with Crippen LogP contribution in [-0.4, -0.2) is 43.4 Å². The Balaban J connectivity index is 1.68. The maximum absolute atomic E-state index is 12.4. The van der Waals surface area contributed by atoms with Gasteiger partial charge in [-0.2, -0.15) is 0 Å². The van der Waals surface area contributed by atoms with Crippen molar-refractivity contribution in [2.45, 2.75) is 19.8 Å². The summed E-state index contributed by atoms with van der Waals surface area (Å²) in [5.74, 6) is 2.72. The van der Waals surface area contributed by atoms with Crippen molar-refractivity contribution in [2.75, 3.05) is 37.5 Å². The average molecular weight is 356 g/mol. The molecule has 1 saturated heterocycles. The first-order chi connectivity index (χ1) is 12.6. The van der Waals surface area contributed by atoms with Crippen molar-refractivity contribution in [1.82, 2.24) is 10.2 Å². The lowest BCUT2D eigenvalue weighted by Gasteiger charge is -2.31. The number of benzene rings is 1. The van der Waals surface area contributed by atoms with Crippen molar-refractivity contribution >= 4 is 17.5 Å². The van der Waals surface area contributed by atoms with E-state index in [1.165, 1.54) is 20.0 Å². The predicted molar refractivity (Wildman–Crippen MR) is 100 cm³/mol. The van der Waals surface area contributed by atoms with Crippen molar-refractivity contribution in [3.8, 4) is 11.5 Å². The number of methoxy groups -OCH3 is 2. The summed E-state index contributed by atoms with van der Waals surface area (Å²) in [6.07, 6.45) is 2.42. The Labute approximate surface area is 153 Å². The summed E-state index contributed by atoms with van der Waals surface area (Å²) in [5, 5.41) is 11.2. The van der Waals surface area contributed by atoms with E-state index in [9.17, 15) is 4.79 Å². The van der Waals surface area contributed by atoms with E-state index in [4.69, 9.17) is 9.47 Å². The molecule has 1 N–H and O–H groups in total. The molecule has 7 heteroatoms. The highest BCUT2D eigenvalue weighted by Crippen LogP contribution is 2.28. The number of anilines is 2. The zero-order chi connectivity index (χ0) is 18.5. The summed E-state index contributed by atoms with van der Waals surface area (Å²) >= 11 is 0. The lowest BCUT2D eigenvalue weighted by atomic mass is 10.0. The molecule has 1 fully saturated rings. The van der Waals surface area contributed by atoms with Crippen LogP contribution >= 0.6 is 0 Å². The van der Waals surface area contributed by atoms with Crippen LogP contribution in [-0.2, 0) is 0 Å². The van der Waals surface area contributed by atoms with E-state index in [1.807, 2.05) is 6.07 Å². The number of piperidine rings is 1. The Morgan fingerprint density at radius 1 is 1.15 bits per heavy atom. The van der Waals surface area contributed by atoms with Crippen LogP contribution in [0.5, 0.6) is 11.5 Å². The molecule has 2 aromatic rings. The number of carbonyl (C=O) groups excluding carboxylic acids is 1. The van der Waals surface area contributed by atoms with Crippen LogP contribution in [0.4, 0.5) is 11.6 Å². The van der Waals surface area contributed by atoms with E-state index >= 15 is 0 Å². The van der Waals surface area contributed by atoms with Crippen LogP contribution < -0.4 is 19.7 Å². The zero-order valence-corrected chi connectivity index (χ0v) is 15.4. The first-order valence-electron chi connectivity index (χ1n) is 8.72. The highest BCUT2D eigenvalue weighted by molar-refractivity contribution is 6.04. The monoisotopic (exact) mass is 356 g/mol. The first kappa shape index (κ1) is 18.0. The SMILES string of the molecule is COc1ccc(C(=O)Nc2ccc(N3CCCC(C)C3)nn2)cc1OC. The minimum absolute atomic E-state index is 0.278. The van der Waals surface area contributed by atoms with Gasteiger partial charge in [0.2, 0.25) is 0 Å². The molecule has 26 heavy (non-hydrogen) atoms. The van der Waals surface area contributed by atoms with Gasteiger partial charge in [0.25, 0.3) is 5.91 Å². The molecule has 1 aliphatic rings. The summed E-state index contributed by atoms with van der Waals surface area (Å²) < 4.78 is 10.4. The Kier molecular flexibility index (Phi) is 5.55. The van der Waals surface area contributed by atoms with Gasteiger partial charge in [0, 0.05) is 18.7 Å². The van der Waals surface area contributed by atoms with Gasteiger partial charge < -0.3 is 19.7 Å². The number of ether oxygens (including phenoxy) is 2. The van der Waals surface area contributed by atoms with Gasteiger partial charge in [0.15, 0.2) is 23.1 Å². The molecule has 3 rings (SSSR count). The van der Waals surface area contributed by atoms with Crippen molar-refractivity contribution in [3.63, 3.8) is 0 Å². The predicted octanol–water partition coefficient (Wildman–Crippen LogP) is 2.98. The van der Waals surface area contributed by atoms with E-state index in [2.05, 4.69) is 27.3 Å². The Hall–Kier alpha value is -2.83. The molecule has 1 aromatic carbocycles. The van der Waals surface area contributed by atoms with E-state index in [1.54, 1.807) is 31.4 Å². The Bertz CT molecular complexity index is 764. The van der Waals surface area contributed by atoms with Gasteiger partial charge in [-0.05, 0) is 49.1 Å². The second-order valence-corrected chi connectivity index (χ2v) is 6.49. The van der Waals surface area contributed by atoms with Crippen LogP contribution in [0, 0.1) is 5.92 Å². The summed E-state index contributed by atoms with van der Waals surface area (Å²) in [6.45, 7) is 4.24. The maximum Gasteiger partial charge on any atom is 0.257 e. The van der Waals surface area contributed by atoms with Gasteiger partial charge in [-0.1, -0.05) is 6.92 Å². The van der Waals surface area contributed by atoms with E-state index in [0.29, 0.717) is 28.8 Å². The minimum Gasteiger partial charge on any atom is -0.493 e. The first-order valence-corrected chi connectivity index (χ1v) is 8.72. The van der Waals surface area contributed by atoms with Crippen LogP contribution in [0.15, 0.2) is 30.3 Å². The van der Waals surface area contributed by atoms with Crippen molar-refractivity contribution in [3.05, 3.63) is 35.9 Å². The van der Waals surface area contributed by atoms with Gasteiger partial charge in [-0.25, -0.2) is 0 Å². The standard InChI is InChI=1S/C19H24N4O3/c1-13-5-4-10-23(12-13)18-9-8-17(21-22-18)20-19(24)14-6-7-15(25-2)16(11-14)26-3/h6-9,11,13H,4-5,10,12H2,1-3H3,(H,20,21,24). The normalized spacial score (nSPS) is 16.9. The third kappa shape index (κ3) is 4.04. The molecule has 7 nitrogen and oxygen atoms in total. The number of carbonyl (C=O) groups is 1. The van der Waals surface area contributed by atoms with Crippen molar-refractivity contribution in [1.29, 1.82) is 0 Å². The summed E-state index contributed by atoms with van der Waals surface area (Å²) in [5.41, 5.74) is 0.457. The average Bonchev–Trinajstić information content (AvgIpc) is 2.68. The number of hydrogen-bond acceptors (Lipinski definition) is 6. The number of hydrogen-bond donors (Lipinski definition) is 1. The van der Waals surface area contributed by atoms with Crippen LogP contribution in [0.1, 0.15) is 30.1 Å². The molecule has 0 spiro atoms. The van der Waals surface area contributed by atoms with E-state index in [-0.39, 0.29) is 5.91 Å². The molecule has 0 radical (unpaired) electrons. The molecule has 1 aromatic heterocycles. The zero-order valence-electron chi connectivity index (χ0n) is 15.4. The molecule has 1 unspecified atom stereocenters. The van der Waals surface area contributed by atoms with E-state index in [0.717, 1.165) is 18.9 Å². The molecule has 0 saturated carbocycles. The lowest BCUT2D eigenvalue weighted by Crippen LogP contribution is -2.34. The molecule has 138 valence electrons. The molecular formula is C19H24N4O3. The molecule has 1 atom stereocenters. The second-order valence-electron chi connectivity index (χ2n) is 6.49. The summed E-state index contributed by atoms with van der Waals surface area (Å²) in [7, 11) is 3.09. The van der Waals surface area contributed by atoms with Gasteiger partial charge in [0.05, 0.1) is 14.2 Å². The fourth-order valence-electron chi connectivity index (χ4n) is 3.12. The highest BCUT2D eigenvalue weighted by atomic mass is 16.5. The number of aromatic nitrogens is 2. The Morgan fingerprint density at radius 3 is 2.62 bits per heavy atom. The molecule has 1 amide bonds. The van der Waals surface area contributed by atoms with Crippen molar-refractivity contribution in [2.24, 2.45) is 5.92 Å². The fourth-order valence-corrected chi connectivity index (χ4v) is 3.12. The third-order valence-electron chi connectivity index (χ3n) is 4.52. The second kappa shape index (κ2) is 8.03. The van der Waals surface area contributed by atoms with Crippen LogP contribution in [0.25, 0.3) is 0 Å². The van der Waals surface area contributed by atoms with E-state index < -0.39 is 0 Å². The maximum atomic E-state index is 12.4. The molecular weight excluding hydrogens is 332 g/mol. The number of nitrogens with one attached hydrogen (secondary N) is 1. The largest absolute Gasteiger partial charge is 0.493 e. The Morgan fingerprint density at radius 2 is 1.96 bits per heavy atom. The smallest absolute Gasteiger partial charge is 0.257 e. The quantitative estimate of drug-likeness (QED) is 0.887. The molecule has 0 bridgehead atoms. The fraction of sp³-hybridized carbons (Fsp3) is 0.421. The molecule has 1 aliphatic heterocycles.